The summed E-state index contributed by atoms with van der Waals surface area (Å²) < 4.78 is 147. The number of aromatic hydroxyl groups is 1. The van der Waals surface area contributed by atoms with Crippen LogP contribution in [0.15, 0.2) is 97.6 Å². The first kappa shape index (κ1) is 112. The Hall–Kier alpha value is -4.22. The van der Waals surface area contributed by atoms with Crippen LogP contribution in [0.1, 0.15) is 75.1 Å². The van der Waals surface area contributed by atoms with E-state index in [-0.39, 0.29) is 249 Å². The maximum Gasteiger partial charge on any atom is 1.00 e. The summed E-state index contributed by atoms with van der Waals surface area (Å²) in [6, 6.07) is 22.3. The summed E-state index contributed by atoms with van der Waals surface area (Å²) in [7, 11) is -0.220. The van der Waals surface area contributed by atoms with Crippen LogP contribution in [0.2, 0.25) is 21.1 Å². The second-order valence-corrected chi connectivity index (χ2v) is 25.8. The maximum absolute atomic E-state index is 12.3. The van der Waals surface area contributed by atoms with Gasteiger partial charge < -0.3 is 84.2 Å². The van der Waals surface area contributed by atoms with Crippen LogP contribution >= 0.6 is 62.3 Å². The third kappa shape index (κ3) is 35.9. The SMILES string of the molecule is C.CNc1nc(Cl)ncc1O.CNc1nc(Cl)ncc1OCC(=O)c1ccc(OC)cc1C.CNc1nc(Cl)ncc1OCC(O)c1ccc(OC)cc1C.COc1ccc(C(=O)CBr)c(C)c1.COc1ccc(C2COc3cnc(Cl)nc3N2C)c(C)c1.O=CO[O-].O=S(=O)(OS(=O)(=O)C(F)(F)F)C(F)(F)F.[B-].[Cs+].[Cs+].[H-].[Na+]. The van der Waals surface area contributed by atoms with Crippen molar-refractivity contribution < 1.29 is 283 Å². The summed E-state index contributed by atoms with van der Waals surface area (Å²) in [5.74, 6) is 6.43. The Morgan fingerprint density at radius 1 is 0.652 bits per heavy atom. The van der Waals surface area contributed by atoms with Gasteiger partial charge >= 0.3 is 199 Å². The number of aromatic nitrogens is 8. The minimum absolute atomic E-state index is 0. The quantitative estimate of drug-likeness (QED) is 0.00793. The number of ketones is 2. The molecule has 8 aromatic rings. The van der Waals surface area contributed by atoms with Gasteiger partial charge in [-0.05, 0) is 168 Å². The largest absolute Gasteiger partial charge is 1.00 e. The van der Waals surface area contributed by atoms with Crippen molar-refractivity contribution in [1.82, 2.24) is 39.9 Å². The Bertz CT molecular complexity index is 4520. The van der Waals surface area contributed by atoms with Crippen molar-refractivity contribution in [3.05, 3.63) is 163 Å². The summed E-state index contributed by atoms with van der Waals surface area (Å²) in [6.45, 7) is 8.04. The fourth-order valence-electron chi connectivity index (χ4n) is 8.42. The molecule has 0 fully saturated rings. The number of hydrogen-bond acceptors (Lipinski definition) is 31. The molecule has 48 heteroatoms. The van der Waals surface area contributed by atoms with Gasteiger partial charge in [0.05, 0.1) is 64.6 Å². The molecule has 2 atom stereocenters. The molecule has 598 valence electrons. The molecule has 0 bridgehead atoms. The van der Waals surface area contributed by atoms with Gasteiger partial charge in [-0.15, -0.1) is 3.63 Å². The Labute approximate surface area is 813 Å². The van der Waals surface area contributed by atoms with Gasteiger partial charge in [-0.2, -0.15) is 63.1 Å². The number of carbonyl (C=O) groups is 3. The van der Waals surface area contributed by atoms with Crippen LogP contribution in [0.3, 0.4) is 0 Å². The molecule has 1 aliphatic heterocycles. The van der Waals surface area contributed by atoms with Crippen LogP contribution in [0.25, 0.3) is 0 Å². The molecule has 0 amide bonds. The van der Waals surface area contributed by atoms with Crippen molar-refractivity contribution in [3.63, 3.8) is 0 Å². The molecule has 31 nitrogen and oxygen atoms in total. The number of Topliss-reactive ketones (excluding diaryl/α,β-unsaturated/α-hetero) is 2. The van der Waals surface area contributed by atoms with E-state index in [1.807, 2.05) is 61.8 Å². The Morgan fingerprint density at radius 3 is 1.43 bits per heavy atom. The minimum Gasteiger partial charge on any atom is -1.00 e. The molecule has 0 spiro atoms. The summed E-state index contributed by atoms with van der Waals surface area (Å²) >= 11 is 25.9. The summed E-state index contributed by atoms with van der Waals surface area (Å²) in [5.41, 5.74) is -5.37. The number of aryl methyl sites for hydroxylation is 4. The smallest absolute Gasteiger partial charge is 1.00 e. The number of carbonyl (C=O) groups excluding carboxylic acids is 3. The number of aliphatic hydroxyl groups excluding tert-OH is 1. The number of benzene rings is 4. The van der Waals surface area contributed by atoms with Crippen molar-refractivity contribution >= 4 is 132 Å². The second kappa shape index (κ2) is 54.7. The van der Waals surface area contributed by atoms with Gasteiger partial charge in [0.2, 0.25) is 21.1 Å². The fraction of sp³-hybridized carbons (Fsp3) is 0.328. The number of fused-ring (bicyclic) bond motifs is 1. The molecule has 5 heterocycles. The predicted molar refractivity (Wildman–Crippen MR) is 396 cm³/mol. The number of anilines is 4. The molecular weight excluding hydrogens is 1940 g/mol. The third-order valence-corrected chi connectivity index (χ3v) is 17.4. The van der Waals surface area contributed by atoms with Crippen LogP contribution < -0.4 is 227 Å². The predicted octanol–water partition coefficient (Wildman–Crippen LogP) is 2.34. The zero-order valence-corrected chi connectivity index (χ0v) is 82.5. The number of methoxy groups -OCH3 is 4. The van der Waals surface area contributed by atoms with E-state index >= 15 is 0 Å². The monoisotopic (exact) mass is 2010 g/mol. The number of nitrogens with one attached hydrogen (secondary N) is 3. The van der Waals surface area contributed by atoms with Gasteiger partial charge in [-0.25, -0.2) is 19.9 Å². The Morgan fingerprint density at radius 2 is 1.04 bits per heavy atom. The van der Waals surface area contributed by atoms with Crippen molar-refractivity contribution in [2.45, 2.75) is 58.3 Å². The molecule has 4 aromatic heterocycles. The molecule has 0 aliphatic carbocycles. The van der Waals surface area contributed by atoms with E-state index in [0.717, 1.165) is 50.6 Å². The van der Waals surface area contributed by atoms with E-state index in [0.29, 0.717) is 63.8 Å². The first-order valence-electron chi connectivity index (χ1n) is 29.6. The molecule has 1 aliphatic rings. The molecule has 0 saturated carbocycles. The first-order chi connectivity index (χ1) is 50.2. The average Bonchev–Trinajstić information content (AvgIpc) is 0.779. The van der Waals surface area contributed by atoms with Gasteiger partial charge in [0.25, 0.3) is 6.47 Å². The third-order valence-electron chi connectivity index (χ3n) is 13.6. The van der Waals surface area contributed by atoms with Crippen molar-refractivity contribution in [2.75, 3.05) is 103 Å². The first-order valence-corrected chi connectivity index (χ1v) is 35.1. The number of alkyl halides is 7. The van der Waals surface area contributed by atoms with Crippen molar-refractivity contribution in [1.29, 1.82) is 0 Å². The van der Waals surface area contributed by atoms with E-state index in [1.54, 1.807) is 92.2 Å². The topological polar surface area (TPSA) is 409 Å². The Kier molecular flexibility index (Phi) is 54.7. The zero-order chi connectivity index (χ0) is 80.7. The summed E-state index contributed by atoms with van der Waals surface area (Å²) in [4.78, 5) is 68.1. The zero-order valence-electron chi connectivity index (χ0n) is 62.7. The molecular formula is C64H73BBrCl4Cs2F6N12NaO19S2. The number of halogens is 11. The van der Waals surface area contributed by atoms with E-state index in [2.05, 4.69) is 94.5 Å². The fourth-order valence-corrected chi connectivity index (χ4v) is 10.8. The Balaban J connectivity index is -0.000000628. The van der Waals surface area contributed by atoms with Gasteiger partial charge in [-0.3, -0.25) is 14.4 Å². The van der Waals surface area contributed by atoms with E-state index < -0.39 is 37.4 Å². The number of ether oxygens (including phenoxy) is 7. The van der Waals surface area contributed by atoms with Crippen molar-refractivity contribution in [2.24, 2.45) is 0 Å². The summed E-state index contributed by atoms with van der Waals surface area (Å²) in [5, 5.41) is 37.0. The number of rotatable bonds is 21. The van der Waals surface area contributed by atoms with E-state index in [9.17, 15) is 57.9 Å². The summed E-state index contributed by atoms with van der Waals surface area (Å²) in [6.07, 6.45) is 4.97. The number of hydrogen-bond donors (Lipinski definition) is 5. The standard InChI is InChI=1S/C15H18ClN3O3.C15H16ClN3O3.C15H16ClN3O2.C10H11BrO2.C5H6ClN3O.C2F6O5S2.CH2O3.CH4.B.2Cs.Na.H/c2*1-9-6-10(21-3)4-5-11(9)12(20)8-22-13-7-18-15(16)19-14(13)17-2;1-9-6-10(20-3)4-5-11(9)12-8-21-13-7-17-15(16)18-14(13)19(12)2;1-7-5-8(13-2)3-4-9(7)10(12)6-11;1-7-4-3(10)2-8-5(6)9-4;3-1(4,5)14(9,10)13-15(11,12)2(6,7)8;2-1-4-3;;;;;;/h4-7,12,20H,8H2,1-3H3,(H,17,18,19);4-7H,8H2,1-3H3,(H,17,18,19);4-7,12H,8H2,1-3H3;3-5H,6H2,1-2H3;2,10H,1H3,(H,7,8,9);;1,3H;1H4;;;;;/q;;;;;;;;-1;3*+1;-1/p-1. The molecule has 0 saturated heterocycles. The van der Waals surface area contributed by atoms with Crippen LogP contribution in [-0.2, 0) is 33.5 Å². The molecule has 9 rings (SSSR count). The second-order valence-electron chi connectivity index (χ2n) is 20.6. The minimum atomic E-state index is -6.85. The average molecular weight is 2010 g/mol. The van der Waals surface area contributed by atoms with Crippen LogP contribution in [0.4, 0.5) is 49.6 Å². The molecule has 4 radical (unpaired) electrons. The van der Waals surface area contributed by atoms with Gasteiger partial charge in [0.1, 0.15) is 42.3 Å². The number of aliphatic hydroxyl groups is 1. The van der Waals surface area contributed by atoms with Gasteiger partial charge in [-0.1, -0.05) is 35.5 Å². The van der Waals surface area contributed by atoms with Crippen LogP contribution in [-0.4, -0.2) is 186 Å². The molecule has 112 heavy (non-hydrogen) atoms. The van der Waals surface area contributed by atoms with Gasteiger partial charge in [0, 0.05) is 39.3 Å². The molecule has 5 N–H and O–H groups in total. The van der Waals surface area contributed by atoms with E-state index in [1.165, 1.54) is 24.2 Å². The molecule has 4 aromatic carbocycles. The number of nitrogens with zero attached hydrogens (tertiary/aromatic N) is 9. The van der Waals surface area contributed by atoms with Crippen LogP contribution in [0.5, 0.6) is 46.0 Å². The van der Waals surface area contributed by atoms with Crippen LogP contribution in [0, 0.1) is 27.7 Å². The maximum atomic E-state index is 12.3. The normalized spacial score (nSPS) is 11.8. The molecule has 2 unspecified atom stereocenters. The number of likely N-dealkylation sites (N-methyl/N-ethyl adjacent to an activating group) is 1. The van der Waals surface area contributed by atoms with Crippen molar-refractivity contribution in [3.8, 4) is 46.0 Å². The van der Waals surface area contributed by atoms with Gasteiger partial charge in [0.15, 0.2) is 64.4 Å². The van der Waals surface area contributed by atoms with E-state index in [4.69, 9.17) is 94.7 Å².